The Hall–Kier alpha value is -2.34. The maximum atomic E-state index is 12.9. The number of aliphatic hydroxyl groups is 3. The number of halogens is 1. The third-order valence-corrected chi connectivity index (χ3v) is 7.03. The van der Waals surface area contributed by atoms with E-state index in [0.29, 0.717) is 28.6 Å². The van der Waals surface area contributed by atoms with E-state index in [1.165, 1.54) is 0 Å². The van der Waals surface area contributed by atoms with Gasteiger partial charge >= 0.3 is 5.97 Å². The number of thiocarbonyl (C=S) groups is 1. The second-order valence-electron chi connectivity index (χ2n) is 10.0. The SMILES string of the molecule is C#CCOCCCCCCO[C@]1(C(=O)OC)C[C@H](O)[C@@H](NC(C)=S)[C@H]([C@H](O)[C@H](O)CNC(=O)Cc2ccc(Cl)cc2)O1. The van der Waals surface area contributed by atoms with Crippen LogP contribution in [0.1, 0.15) is 44.6 Å². The van der Waals surface area contributed by atoms with Crippen LogP contribution in [0.25, 0.3) is 0 Å². The molecule has 0 aromatic heterocycles. The highest BCUT2D eigenvalue weighted by Crippen LogP contribution is 2.34. The van der Waals surface area contributed by atoms with Gasteiger partial charge in [-0.15, -0.1) is 6.42 Å². The van der Waals surface area contributed by atoms with Gasteiger partial charge in [0, 0.05) is 24.6 Å². The number of unbranched alkanes of at least 4 members (excludes halogenated alkanes) is 3. The van der Waals surface area contributed by atoms with E-state index in [1.54, 1.807) is 31.2 Å². The second-order valence-corrected chi connectivity index (χ2v) is 11.1. The van der Waals surface area contributed by atoms with Crippen LogP contribution >= 0.6 is 23.8 Å². The monoisotopic (exact) mass is 628 g/mol. The molecule has 0 aliphatic carbocycles. The van der Waals surface area contributed by atoms with Crippen molar-refractivity contribution in [3.63, 3.8) is 0 Å². The van der Waals surface area contributed by atoms with E-state index in [4.69, 9.17) is 49.2 Å². The van der Waals surface area contributed by atoms with E-state index in [0.717, 1.165) is 26.4 Å². The number of carbonyl (C=O) groups excluding carboxylic acids is 2. The minimum absolute atomic E-state index is 0.0319. The van der Waals surface area contributed by atoms with Crippen LogP contribution in [0.2, 0.25) is 5.02 Å². The van der Waals surface area contributed by atoms with E-state index < -0.39 is 48.1 Å². The number of esters is 1. The van der Waals surface area contributed by atoms with E-state index in [2.05, 4.69) is 16.6 Å². The molecule has 11 nitrogen and oxygen atoms in total. The summed E-state index contributed by atoms with van der Waals surface area (Å²) in [4.78, 5) is 25.6. The lowest BCUT2D eigenvalue weighted by Gasteiger charge is -2.47. The van der Waals surface area contributed by atoms with E-state index >= 15 is 0 Å². The highest BCUT2D eigenvalue weighted by atomic mass is 35.5. The van der Waals surface area contributed by atoms with Gasteiger partial charge in [0.25, 0.3) is 5.79 Å². The number of carbonyl (C=O) groups is 2. The Balaban J connectivity index is 2.06. The van der Waals surface area contributed by atoms with Crippen molar-refractivity contribution in [3.8, 4) is 12.3 Å². The molecule has 0 spiro atoms. The summed E-state index contributed by atoms with van der Waals surface area (Å²) in [6, 6.07) is 5.73. The average molecular weight is 629 g/mol. The largest absolute Gasteiger partial charge is 0.465 e. The van der Waals surface area contributed by atoms with Crippen LogP contribution in [0.4, 0.5) is 0 Å². The van der Waals surface area contributed by atoms with Gasteiger partial charge in [-0.3, -0.25) is 4.79 Å². The van der Waals surface area contributed by atoms with Crippen LogP contribution in [-0.2, 0) is 35.0 Å². The van der Waals surface area contributed by atoms with Crippen molar-refractivity contribution in [3.05, 3.63) is 34.9 Å². The number of terminal acetylenes is 1. The summed E-state index contributed by atoms with van der Waals surface area (Å²) >= 11 is 11.0. The smallest absolute Gasteiger partial charge is 0.366 e. The first-order valence-corrected chi connectivity index (χ1v) is 14.6. The van der Waals surface area contributed by atoms with Gasteiger partial charge in [0.05, 0.1) is 43.4 Å². The number of methoxy groups -OCH3 is 1. The maximum absolute atomic E-state index is 12.9. The molecule has 1 aliphatic rings. The molecule has 0 bridgehead atoms. The first-order chi connectivity index (χ1) is 20.0. The lowest BCUT2D eigenvalue weighted by Crippen LogP contribution is -2.68. The molecule has 6 atom stereocenters. The molecule has 1 amide bonds. The van der Waals surface area contributed by atoms with Crippen molar-refractivity contribution in [1.82, 2.24) is 10.6 Å². The average Bonchev–Trinajstić information content (AvgIpc) is 2.96. The van der Waals surface area contributed by atoms with Gasteiger partial charge < -0.3 is 44.9 Å². The van der Waals surface area contributed by atoms with Crippen molar-refractivity contribution >= 4 is 40.7 Å². The van der Waals surface area contributed by atoms with Crippen LogP contribution in [0.15, 0.2) is 24.3 Å². The number of hydrogen-bond donors (Lipinski definition) is 5. The van der Waals surface area contributed by atoms with Crippen molar-refractivity contribution in [2.75, 3.05) is 33.5 Å². The van der Waals surface area contributed by atoms with Crippen LogP contribution in [0.3, 0.4) is 0 Å². The van der Waals surface area contributed by atoms with Gasteiger partial charge in [-0.05, 0) is 37.5 Å². The molecule has 1 fully saturated rings. The van der Waals surface area contributed by atoms with Gasteiger partial charge in [0.1, 0.15) is 18.8 Å². The molecule has 1 aromatic carbocycles. The molecule has 0 unspecified atom stereocenters. The quantitative estimate of drug-likeness (QED) is 0.0733. The molecule has 13 heteroatoms. The van der Waals surface area contributed by atoms with Gasteiger partial charge in [-0.25, -0.2) is 4.79 Å². The Morgan fingerprint density at radius 2 is 1.88 bits per heavy atom. The molecule has 1 heterocycles. The number of nitrogens with one attached hydrogen (secondary N) is 2. The number of aliphatic hydroxyl groups excluding tert-OH is 3. The first-order valence-electron chi connectivity index (χ1n) is 13.8. The van der Waals surface area contributed by atoms with Crippen molar-refractivity contribution < 1.29 is 43.9 Å². The lowest BCUT2D eigenvalue weighted by atomic mass is 9.88. The predicted molar refractivity (Wildman–Crippen MR) is 160 cm³/mol. The molecule has 1 aliphatic heterocycles. The Kier molecular flexibility index (Phi) is 15.7. The summed E-state index contributed by atoms with van der Waals surface area (Å²) in [5, 5.41) is 39.0. The predicted octanol–water partition coefficient (Wildman–Crippen LogP) is 1.27. The summed E-state index contributed by atoms with van der Waals surface area (Å²) < 4.78 is 22.1. The highest BCUT2D eigenvalue weighted by Gasteiger charge is 2.56. The third kappa shape index (κ3) is 11.4. The number of hydrogen-bond acceptors (Lipinski definition) is 10. The molecule has 1 saturated heterocycles. The fourth-order valence-corrected chi connectivity index (χ4v) is 4.79. The Morgan fingerprint density at radius 1 is 1.21 bits per heavy atom. The molecule has 42 heavy (non-hydrogen) atoms. The summed E-state index contributed by atoms with van der Waals surface area (Å²) in [6.07, 6.45) is 2.02. The zero-order chi connectivity index (χ0) is 31.1. The maximum Gasteiger partial charge on any atom is 0.366 e. The van der Waals surface area contributed by atoms with Gasteiger partial charge in [0.2, 0.25) is 5.91 Å². The number of ether oxygens (including phenoxy) is 4. The normalized spacial score (nSPS) is 23.3. The number of amides is 1. The molecular formula is C29H41ClN2O9S. The summed E-state index contributed by atoms with van der Waals surface area (Å²) in [5.74, 6) is -0.930. The van der Waals surface area contributed by atoms with Crippen molar-refractivity contribution in [1.29, 1.82) is 0 Å². The van der Waals surface area contributed by atoms with Crippen LogP contribution in [0.5, 0.6) is 0 Å². The Bertz CT molecular complexity index is 1050. The molecule has 5 N–H and O–H groups in total. The van der Waals surface area contributed by atoms with Gasteiger partial charge in [-0.1, -0.05) is 54.7 Å². The minimum Gasteiger partial charge on any atom is -0.465 e. The topological polar surface area (TPSA) is 156 Å². The van der Waals surface area contributed by atoms with Crippen molar-refractivity contribution in [2.45, 2.75) is 81.7 Å². The van der Waals surface area contributed by atoms with E-state index in [9.17, 15) is 24.9 Å². The number of rotatable bonds is 17. The van der Waals surface area contributed by atoms with Crippen LogP contribution in [0, 0.1) is 12.3 Å². The summed E-state index contributed by atoms with van der Waals surface area (Å²) in [7, 11) is 1.15. The number of benzene rings is 1. The van der Waals surface area contributed by atoms with Gasteiger partial charge in [-0.2, -0.15) is 0 Å². The Labute approximate surface area is 257 Å². The van der Waals surface area contributed by atoms with Crippen molar-refractivity contribution in [2.24, 2.45) is 0 Å². The molecule has 1 aromatic rings. The first kappa shape index (κ1) is 35.9. The summed E-state index contributed by atoms with van der Waals surface area (Å²) in [5.41, 5.74) is 0.712. The van der Waals surface area contributed by atoms with Crippen LogP contribution in [-0.4, -0.2) is 102 Å². The zero-order valence-corrected chi connectivity index (χ0v) is 25.5. The Morgan fingerprint density at radius 3 is 2.50 bits per heavy atom. The second kappa shape index (κ2) is 18.4. The van der Waals surface area contributed by atoms with E-state index in [1.807, 2.05) is 0 Å². The fraction of sp³-hybridized carbons (Fsp3) is 0.621. The third-order valence-electron chi connectivity index (χ3n) is 6.66. The summed E-state index contributed by atoms with van der Waals surface area (Å²) in [6.45, 7) is 2.16. The fourth-order valence-electron chi connectivity index (χ4n) is 4.53. The molecule has 0 saturated carbocycles. The molecule has 234 valence electrons. The lowest BCUT2D eigenvalue weighted by molar-refractivity contribution is -0.311. The zero-order valence-electron chi connectivity index (χ0n) is 23.9. The highest BCUT2D eigenvalue weighted by molar-refractivity contribution is 7.80. The molecule has 2 rings (SSSR count). The standard InChI is InChI=1S/C29H41ClN2O9S/c1-4-13-39-14-7-5-6-8-15-40-29(28(37)38-3)17-22(33)25(32-19(2)42)27(41-29)26(36)23(34)18-31-24(35)16-20-9-11-21(30)12-10-20/h1,9-12,22-23,25-27,33-34,36H,5-8,13-18H2,2-3H3,(H,31,35)(H,32,42)/t22-,23+,25+,26+,27+,29+/m0/s1. The molecule has 0 radical (unpaired) electrons. The van der Waals surface area contributed by atoms with Crippen LogP contribution < -0.4 is 10.6 Å². The van der Waals surface area contributed by atoms with E-state index in [-0.39, 0.29) is 32.6 Å². The molecular weight excluding hydrogens is 588 g/mol. The minimum atomic E-state index is -2.04. The van der Waals surface area contributed by atoms with Gasteiger partial charge in [0.15, 0.2) is 0 Å².